The maximum atomic E-state index is 12.3. The van der Waals surface area contributed by atoms with Crippen molar-refractivity contribution in [1.82, 2.24) is 9.97 Å². The Labute approximate surface area is 167 Å². The molecule has 0 spiro atoms. The fourth-order valence-electron chi connectivity index (χ4n) is 3.36. The molecule has 0 saturated carbocycles. The molecule has 0 fully saturated rings. The summed E-state index contributed by atoms with van der Waals surface area (Å²) in [6.45, 7) is 4.30. The zero-order valence-corrected chi connectivity index (χ0v) is 16.3. The molecule has 1 N–H and O–H groups in total. The van der Waals surface area contributed by atoms with E-state index in [2.05, 4.69) is 9.97 Å². The van der Waals surface area contributed by atoms with Crippen molar-refractivity contribution >= 4 is 39.4 Å². The number of aromatic nitrogens is 2. The van der Waals surface area contributed by atoms with Crippen molar-refractivity contribution < 1.29 is 14.3 Å². The van der Waals surface area contributed by atoms with E-state index in [9.17, 15) is 4.79 Å². The Morgan fingerprint density at radius 3 is 2.71 bits per heavy atom. The largest absolute Gasteiger partial charge is 0.488 e. The van der Waals surface area contributed by atoms with E-state index in [0.717, 1.165) is 32.9 Å². The van der Waals surface area contributed by atoms with E-state index in [1.54, 1.807) is 13.1 Å². The molecule has 0 radical (unpaired) electrons. The molecule has 0 amide bonds. The van der Waals surface area contributed by atoms with Gasteiger partial charge in [0.1, 0.15) is 12.4 Å². The topological polar surface area (TPSA) is 64.2 Å². The minimum Gasteiger partial charge on any atom is -0.488 e. The van der Waals surface area contributed by atoms with Crippen molar-refractivity contribution in [3.8, 4) is 5.75 Å². The van der Waals surface area contributed by atoms with Gasteiger partial charge in [-0.25, -0.2) is 9.78 Å². The number of hydrogen-bond donors (Lipinski definition) is 1. The molecule has 4 aromatic rings. The van der Waals surface area contributed by atoms with E-state index in [-0.39, 0.29) is 0 Å². The van der Waals surface area contributed by atoms with Crippen LogP contribution >= 0.6 is 11.6 Å². The molecular formula is C22H19ClN2O3. The molecule has 2 aromatic heterocycles. The summed E-state index contributed by atoms with van der Waals surface area (Å²) >= 11 is 6.25. The molecule has 0 saturated heterocycles. The summed E-state index contributed by atoms with van der Waals surface area (Å²) in [6.07, 6.45) is 1.66. The highest BCUT2D eigenvalue weighted by molar-refractivity contribution is 6.31. The van der Waals surface area contributed by atoms with Crippen LogP contribution in [-0.2, 0) is 11.3 Å². The van der Waals surface area contributed by atoms with E-state index in [1.165, 1.54) is 0 Å². The number of aryl methyl sites for hydroxylation is 1. The van der Waals surface area contributed by atoms with Crippen LogP contribution in [0, 0.1) is 6.92 Å². The number of carbonyl (C=O) groups is 1. The number of rotatable bonds is 5. The van der Waals surface area contributed by atoms with Gasteiger partial charge in [-0.05, 0) is 37.6 Å². The number of carbonyl (C=O) groups excluding carboxylic acids is 1. The van der Waals surface area contributed by atoms with E-state index in [4.69, 9.17) is 21.1 Å². The first-order valence-electron chi connectivity index (χ1n) is 9.03. The molecule has 28 heavy (non-hydrogen) atoms. The SMILES string of the molecule is CCOC(=O)c1ncc2[nH]c3cccc(OCc4ccccc4Cl)c3c2c1C. The summed E-state index contributed by atoms with van der Waals surface area (Å²) in [6, 6.07) is 13.4. The Morgan fingerprint density at radius 2 is 1.93 bits per heavy atom. The van der Waals surface area contributed by atoms with Crippen molar-refractivity contribution in [2.75, 3.05) is 6.61 Å². The van der Waals surface area contributed by atoms with Gasteiger partial charge in [0.05, 0.1) is 23.8 Å². The molecule has 4 rings (SSSR count). The first-order valence-corrected chi connectivity index (χ1v) is 9.41. The van der Waals surface area contributed by atoms with Crippen molar-refractivity contribution in [3.63, 3.8) is 0 Å². The highest BCUT2D eigenvalue weighted by Gasteiger charge is 2.19. The quantitative estimate of drug-likeness (QED) is 0.458. The molecule has 0 aliphatic carbocycles. The smallest absolute Gasteiger partial charge is 0.357 e. The Hall–Kier alpha value is -3.05. The van der Waals surface area contributed by atoms with Crippen molar-refractivity contribution in [1.29, 1.82) is 0 Å². The Bertz CT molecular complexity index is 1180. The predicted molar refractivity (Wildman–Crippen MR) is 110 cm³/mol. The molecule has 0 aliphatic heterocycles. The molecule has 2 heterocycles. The van der Waals surface area contributed by atoms with Crippen molar-refractivity contribution in [3.05, 3.63) is 70.5 Å². The number of benzene rings is 2. The predicted octanol–water partition coefficient (Wildman–Crippen LogP) is 5.43. The van der Waals surface area contributed by atoms with Gasteiger partial charge in [-0.2, -0.15) is 0 Å². The van der Waals surface area contributed by atoms with Crippen LogP contribution in [0.3, 0.4) is 0 Å². The number of fused-ring (bicyclic) bond motifs is 3. The van der Waals surface area contributed by atoms with Gasteiger partial charge in [0.15, 0.2) is 5.69 Å². The fourth-order valence-corrected chi connectivity index (χ4v) is 3.55. The van der Waals surface area contributed by atoms with Crippen LogP contribution in [0.5, 0.6) is 5.75 Å². The second-order valence-corrected chi connectivity index (χ2v) is 6.83. The highest BCUT2D eigenvalue weighted by Crippen LogP contribution is 2.36. The highest BCUT2D eigenvalue weighted by atomic mass is 35.5. The average Bonchev–Trinajstić information content (AvgIpc) is 3.08. The zero-order chi connectivity index (χ0) is 19.7. The standard InChI is InChI=1S/C22H19ClN2O3/c1-3-27-22(26)21-13(2)19-17(11-24-21)25-16-9-6-10-18(20(16)19)28-12-14-7-4-5-8-15(14)23/h4-11,25H,3,12H2,1-2H3. The third-order valence-electron chi connectivity index (χ3n) is 4.68. The van der Waals surface area contributed by atoms with Gasteiger partial charge in [-0.3, -0.25) is 0 Å². The van der Waals surface area contributed by atoms with E-state index in [0.29, 0.717) is 29.7 Å². The molecular weight excluding hydrogens is 376 g/mol. The number of halogens is 1. The fraction of sp³-hybridized carbons (Fsp3) is 0.182. The van der Waals surface area contributed by atoms with Crippen LogP contribution in [0.4, 0.5) is 0 Å². The van der Waals surface area contributed by atoms with Crippen LogP contribution in [0.15, 0.2) is 48.7 Å². The van der Waals surface area contributed by atoms with Crippen LogP contribution < -0.4 is 4.74 Å². The number of aromatic amines is 1. The molecule has 0 unspecified atom stereocenters. The average molecular weight is 395 g/mol. The molecule has 0 bridgehead atoms. The maximum Gasteiger partial charge on any atom is 0.357 e. The maximum absolute atomic E-state index is 12.3. The third kappa shape index (κ3) is 3.18. The summed E-state index contributed by atoms with van der Waals surface area (Å²) in [7, 11) is 0. The number of pyridine rings is 1. The molecule has 0 aliphatic rings. The summed E-state index contributed by atoms with van der Waals surface area (Å²) in [4.78, 5) is 19.9. The monoisotopic (exact) mass is 394 g/mol. The minimum absolute atomic E-state index is 0.304. The number of ether oxygens (including phenoxy) is 2. The van der Waals surface area contributed by atoms with E-state index in [1.807, 2.05) is 49.4 Å². The second kappa shape index (κ2) is 7.52. The lowest BCUT2D eigenvalue weighted by Crippen LogP contribution is -2.09. The van der Waals surface area contributed by atoms with Gasteiger partial charge in [0.25, 0.3) is 0 Å². The normalized spacial score (nSPS) is 11.1. The lowest BCUT2D eigenvalue weighted by molar-refractivity contribution is 0.0519. The van der Waals surface area contributed by atoms with Crippen LogP contribution in [-0.4, -0.2) is 22.5 Å². The van der Waals surface area contributed by atoms with Gasteiger partial charge < -0.3 is 14.5 Å². The summed E-state index contributed by atoms with van der Waals surface area (Å²) in [5.74, 6) is 0.290. The van der Waals surface area contributed by atoms with Gasteiger partial charge in [-0.1, -0.05) is 35.9 Å². The number of esters is 1. The lowest BCUT2D eigenvalue weighted by atomic mass is 10.1. The van der Waals surface area contributed by atoms with E-state index < -0.39 is 5.97 Å². The van der Waals surface area contributed by atoms with Crippen molar-refractivity contribution in [2.24, 2.45) is 0 Å². The van der Waals surface area contributed by atoms with Gasteiger partial charge in [0, 0.05) is 21.4 Å². The zero-order valence-electron chi connectivity index (χ0n) is 15.6. The molecule has 2 aromatic carbocycles. The first kappa shape index (κ1) is 18.3. The van der Waals surface area contributed by atoms with Crippen molar-refractivity contribution in [2.45, 2.75) is 20.5 Å². The first-order chi connectivity index (χ1) is 13.6. The summed E-state index contributed by atoms with van der Waals surface area (Å²) in [5.41, 5.74) is 3.74. The Morgan fingerprint density at radius 1 is 1.11 bits per heavy atom. The molecule has 0 atom stereocenters. The Kier molecular flexibility index (Phi) is 4.92. The van der Waals surface area contributed by atoms with Gasteiger partial charge in [-0.15, -0.1) is 0 Å². The number of hydrogen-bond acceptors (Lipinski definition) is 4. The minimum atomic E-state index is -0.425. The Balaban J connectivity index is 1.82. The lowest BCUT2D eigenvalue weighted by Gasteiger charge is -2.10. The van der Waals surface area contributed by atoms with E-state index >= 15 is 0 Å². The third-order valence-corrected chi connectivity index (χ3v) is 5.05. The van der Waals surface area contributed by atoms with Gasteiger partial charge >= 0.3 is 5.97 Å². The molecule has 142 valence electrons. The summed E-state index contributed by atoms with van der Waals surface area (Å²) < 4.78 is 11.3. The van der Waals surface area contributed by atoms with Crippen LogP contribution in [0.1, 0.15) is 28.5 Å². The number of nitrogens with one attached hydrogen (secondary N) is 1. The molecule has 6 heteroatoms. The summed E-state index contributed by atoms with van der Waals surface area (Å²) in [5, 5.41) is 2.48. The second-order valence-electron chi connectivity index (χ2n) is 6.42. The molecule has 5 nitrogen and oxygen atoms in total. The van der Waals surface area contributed by atoms with Crippen LogP contribution in [0.2, 0.25) is 5.02 Å². The van der Waals surface area contributed by atoms with Crippen LogP contribution in [0.25, 0.3) is 21.8 Å². The number of H-pyrrole nitrogens is 1. The number of nitrogens with zero attached hydrogens (tertiary/aromatic N) is 1. The van der Waals surface area contributed by atoms with Gasteiger partial charge in [0.2, 0.25) is 0 Å².